The number of likely N-dealkylation sites (tertiary alicyclic amines) is 1. The topological polar surface area (TPSA) is 46.6 Å². The lowest BCUT2D eigenvalue weighted by molar-refractivity contribution is -0.161. The van der Waals surface area contributed by atoms with Crippen molar-refractivity contribution in [3.05, 3.63) is 35.6 Å². The Morgan fingerprint density at radius 3 is 2.67 bits per heavy atom. The number of nitrogens with zero attached hydrogens (tertiary/aromatic N) is 1. The molecule has 1 aromatic carbocycles. The molecule has 0 radical (unpaired) electrons. The second kappa shape index (κ2) is 8.85. The minimum absolute atomic E-state index is 0.129. The molecule has 0 aromatic heterocycles. The van der Waals surface area contributed by atoms with Crippen LogP contribution < -0.4 is 0 Å². The van der Waals surface area contributed by atoms with Crippen LogP contribution in [0.1, 0.15) is 57.4 Å². The van der Waals surface area contributed by atoms with Crippen molar-refractivity contribution < 1.29 is 18.7 Å². The van der Waals surface area contributed by atoms with E-state index < -0.39 is 5.41 Å². The highest BCUT2D eigenvalue weighted by molar-refractivity contribution is 5.81. The Kier molecular flexibility index (Phi) is 6.51. The molecular weight excluding hydrogens is 345 g/mol. The summed E-state index contributed by atoms with van der Waals surface area (Å²) >= 11 is 0. The first-order valence-corrected chi connectivity index (χ1v) is 10.2. The summed E-state index contributed by atoms with van der Waals surface area (Å²) < 4.78 is 19.6. The van der Waals surface area contributed by atoms with E-state index in [-0.39, 0.29) is 30.7 Å². The van der Waals surface area contributed by atoms with Gasteiger partial charge in [-0.15, -0.1) is 0 Å². The van der Waals surface area contributed by atoms with Crippen molar-refractivity contribution in [3.63, 3.8) is 0 Å². The van der Waals surface area contributed by atoms with Crippen molar-refractivity contribution in [2.24, 2.45) is 11.3 Å². The minimum atomic E-state index is -0.859. The number of piperidine rings is 1. The molecule has 4 nitrogen and oxygen atoms in total. The normalized spacial score (nSPS) is 23.4. The van der Waals surface area contributed by atoms with Gasteiger partial charge in [0.05, 0.1) is 12.0 Å². The molecule has 1 unspecified atom stereocenters. The molecule has 1 aliphatic carbocycles. The molecule has 3 rings (SSSR count). The first-order chi connectivity index (χ1) is 13.0. The molecule has 1 saturated heterocycles. The Labute approximate surface area is 161 Å². The van der Waals surface area contributed by atoms with Crippen LogP contribution in [0.25, 0.3) is 0 Å². The van der Waals surface area contributed by atoms with Gasteiger partial charge >= 0.3 is 5.97 Å². The first kappa shape index (κ1) is 19.8. The largest absolute Gasteiger partial charge is 0.466 e. The van der Waals surface area contributed by atoms with E-state index in [1.165, 1.54) is 18.9 Å². The summed E-state index contributed by atoms with van der Waals surface area (Å²) in [6, 6.07) is 6.56. The summed E-state index contributed by atoms with van der Waals surface area (Å²) in [5.74, 6) is -0.0195. The number of rotatable bonds is 6. The van der Waals surface area contributed by atoms with E-state index in [1.54, 1.807) is 25.1 Å². The Morgan fingerprint density at radius 2 is 1.96 bits per heavy atom. The van der Waals surface area contributed by atoms with Crippen LogP contribution in [0.3, 0.4) is 0 Å². The van der Waals surface area contributed by atoms with Gasteiger partial charge < -0.3 is 9.64 Å². The second-order valence-electron chi connectivity index (χ2n) is 8.04. The number of amides is 1. The highest BCUT2D eigenvalue weighted by Gasteiger charge is 2.45. The van der Waals surface area contributed by atoms with Gasteiger partial charge in [0.2, 0.25) is 5.91 Å². The van der Waals surface area contributed by atoms with Crippen LogP contribution in [-0.4, -0.2) is 36.5 Å². The number of hydrogen-bond donors (Lipinski definition) is 0. The zero-order chi connectivity index (χ0) is 19.3. The smallest absolute Gasteiger partial charge is 0.314 e. The predicted molar refractivity (Wildman–Crippen MR) is 102 cm³/mol. The average Bonchev–Trinajstić information content (AvgIpc) is 3.17. The monoisotopic (exact) mass is 375 g/mol. The predicted octanol–water partition coefficient (Wildman–Crippen LogP) is 4.12. The molecule has 148 valence electrons. The summed E-state index contributed by atoms with van der Waals surface area (Å²) in [4.78, 5) is 27.5. The molecular formula is C22H30FNO3. The average molecular weight is 375 g/mol. The third-order valence-electron chi connectivity index (χ3n) is 6.06. The Hall–Kier alpha value is -1.91. The lowest BCUT2D eigenvalue weighted by atomic mass is 9.74. The molecule has 0 bridgehead atoms. The standard InChI is InChI=1S/C22H30FNO3/c1-2-27-21(26)22(15-18-10-5-6-11-19(18)23)12-7-13-24(16-22)20(25)14-17-8-3-4-9-17/h5-6,10-11,17H,2-4,7-9,12-16H2,1H3. The number of carbonyl (C=O) groups is 2. The van der Waals surface area contributed by atoms with Gasteiger partial charge in [-0.05, 0) is 56.6 Å². The second-order valence-corrected chi connectivity index (χ2v) is 8.04. The van der Waals surface area contributed by atoms with Crippen molar-refractivity contribution in [1.29, 1.82) is 0 Å². The maximum absolute atomic E-state index is 14.3. The van der Waals surface area contributed by atoms with E-state index in [1.807, 2.05) is 4.90 Å². The van der Waals surface area contributed by atoms with E-state index in [0.29, 0.717) is 37.4 Å². The fourth-order valence-corrected chi connectivity index (χ4v) is 4.61. The van der Waals surface area contributed by atoms with Crippen molar-refractivity contribution in [1.82, 2.24) is 4.90 Å². The molecule has 2 fully saturated rings. The molecule has 1 aliphatic heterocycles. The third-order valence-corrected chi connectivity index (χ3v) is 6.06. The quantitative estimate of drug-likeness (QED) is 0.703. The van der Waals surface area contributed by atoms with Gasteiger partial charge in [-0.2, -0.15) is 0 Å². The molecule has 1 aromatic rings. The van der Waals surface area contributed by atoms with Gasteiger partial charge in [0.25, 0.3) is 0 Å². The zero-order valence-corrected chi connectivity index (χ0v) is 16.2. The van der Waals surface area contributed by atoms with E-state index in [2.05, 4.69) is 0 Å². The van der Waals surface area contributed by atoms with Gasteiger partial charge in [0.1, 0.15) is 5.82 Å². The van der Waals surface area contributed by atoms with Crippen LogP contribution in [-0.2, 0) is 20.7 Å². The van der Waals surface area contributed by atoms with Crippen LogP contribution in [0.5, 0.6) is 0 Å². The van der Waals surface area contributed by atoms with Crippen LogP contribution in [0.4, 0.5) is 4.39 Å². The van der Waals surface area contributed by atoms with E-state index in [9.17, 15) is 14.0 Å². The van der Waals surface area contributed by atoms with E-state index in [0.717, 1.165) is 19.3 Å². The van der Waals surface area contributed by atoms with Crippen molar-refractivity contribution in [2.45, 2.75) is 58.3 Å². The highest BCUT2D eigenvalue weighted by atomic mass is 19.1. The van der Waals surface area contributed by atoms with Crippen LogP contribution in [0, 0.1) is 17.2 Å². The summed E-state index contributed by atoms with van der Waals surface area (Å²) in [5, 5.41) is 0. The summed E-state index contributed by atoms with van der Waals surface area (Å²) in [7, 11) is 0. The van der Waals surface area contributed by atoms with Crippen molar-refractivity contribution in [2.75, 3.05) is 19.7 Å². The van der Waals surface area contributed by atoms with Crippen LogP contribution in [0.15, 0.2) is 24.3 Å². The number of benzene rings is 1. The lowest BCUT2D eigenvalue weighted by Gasteiger charge is -2.41. The third kappa shape index (κ3) is 4.69. The molecule has 5 heteroatoms. The summed E-state index contributed by atoms with van der Waals surface area (Å²) in [6.07, 6.45) is 6.85. The van der Waals surface area contributed by atoms with E-state index >= 15 is 0 Å². The molecule has 1 saturated carbocycles. The number of hydrogen-bond acceptors (Lipinski definition) is 3. The van der Waals surface area contributed by atoms with Gasteiger partial charge in [-0.1, -0.05) is 31.0 Å². The summed E-state index contributed by atoms with van der Waals surface area (Å²) in [6.45, 7) is 3.06. The lowest BCUT2D eigenvalue weighted by Crippen LogP contribution is -2.52. The fraction of sp³-hybridized carbons (Fsp3) is 0.636. The molecule has 1 amide bonds. The number of esters is 1. The molecule has 2 aliphatic rings. The Morgan fingerprint density at radius 1 is 1.22 bits per heavy atom. The summed E-state index contributed by atoms with van der Waals surface area (Å²) in [5.41, 5.74) is -0.349. The van der Waals surface area contributed by atoms with Crippen LogP contribution in [0.2, 0.25) is 0 Å². The van der Waals surface area contributed by atoms with Gasteiger partial charge in [0.15, 0.2) is 0 Å². The van der Waals surface area contributed by atoms with Gasteiger partial charge in [-0.25, -0.2) is 4.39 Å². The minimum Gasteiger partial charge on any atom is -0.466 e. The number of halogens is 1. The SMILES string of the molecule is CCOC(=O)C1(Cc2ccccc2F)CCCN(C(=O)CC2CCCC2)C1. The van der Waals surface area contributed by atoms with Crippen molar-refractivity contribution in [3.8, 4) is 0 Å². The molecule has 27 heavy (non-hydrogen) atoms. The Balaban J connectivity index is 1.78. The van der Waals surface area contributed by atoms with Gasteiger partial charge in [0, 0.05) is 19.5 Å². The maximum atomic E-state index is 14.3. The van der Waals surface area contributed by atoms with Crippen LogP contribution >= 0.6 is 0 Å². The first-order valence-electron chi connectivity index (χ1n) is 10.2. The molecule has 0 spiro atoms. The highest BCUT2D eigenvalue weighted by Crippen LogP contribution is 2.37. The molecule has 1 atom stereocenters. The van der Waals surface area contributed by atoms with Gasteiger partial charge in [-0.3, -0.25) is 9.59 Å². The molecule has 0 N–H and O–H groups in total. The fourth-order valence-electron chi connectivity index (χ4n) is 4.61. The number of ether oxygens (including phenoxy) is 1. The zero-order valence-electron chi connectivity index (χ0n) is 16.2. The Bertz CT molecular complexity index is 671. The van der Waals surface area contributed by atoms with E-state index in [4.69, 9.17) is 4.74 Å². The number of carbonyl (C=O) groups excluding carboxylic acids is 2. The molecule has 1 heterocycles. The van der Waals surface area contributed by atoms with Crippen molar-refractivity contribution >= 4 is 11.9 Å². The maximum Gasteiger partial charge on any atom is 0.314 e.